The van der Waals surface area contributed by atoms with Crippen molar-refractivity contribution in [2.45, 2.75) is 39.2 Å². The van der Waals surface area contributed by atoms with Crippen LogP contribution in [-0.4, -0.2) is 35.7 Å². The van der Waals surface area contributed by atoms with Gasteiger partial charge in [-0.05, 0) is 48.1 Å². The normalized spacial score (nSPS) is 20.6. The van der Waals surface area contributed by atoms with Crippen LogP contribution in [0.2, 0.25) is 0 Å². The summed E-state index contributed by atoms with van der Waals surface area (Å²) in [5.74, 6) is 2.51. The predicted molar refractivity (Wildman–Crippen MR) is 126 cm³/mol. The van der Waals surface area contributed by atoms with Gasteiger partial charge in [-0.3, -0.25) is 9.36 Å². The number of carbonyl (C=O) groups is 1. The average Bonchev–Trinajstić information content (AvgIpc) is 3.31. The molecule has 1 aromatic heterocycles. The van der Waals surface area contributed by atoms with Crippen molar-refractivity contribution in [1.82, 2.24) is 14.9 Å². The summed E-state index contributed by atoms with van der Waals surface area (Å²) in [6, 6.07) is 13.9. The number of nitrogens with zero attached hydrogens (tertiary/aromatic N) is 2. The second kappa shape index (κ2) is 9.47. The highest BCUT2D eigenvalue weighted by Crippen LogP contribution is 2.38. The molecule has 1 saturated carbocycles. The molecule has 1 amide bonds. The predicted octanol–water partition coefficient (Wildman–Crippen LogP) is 5.11. The van der Waals surface area contributed by atoms with Gasteiger partial charge >= 0.3 is 0 Å². The van der Waals surface area contributed by atoms with Crippen molar-refractivity contribution in [3.05, 3.63) is 60.7 Å². The van der Waals surface area contributed by atoms with Gasteiger partial charge in [0.15, 0.2) is 0 Å². The van der Waals surface area contributed by atoms with E-state index in [-0.39, 0.29) is 11.9 Å². The molecule has 1 N–H and O–H groups in total. The van der Waals surface area contributed by atoms with Crippen LogP contribution in [-0.2, 0) is 0 Å². The third-order valence-corrected chi connectivity index (χ3v) is 6.76. The molecule has 4 rings (SSSR count). The van der Waals surface area contributed by atoms with Crippen LogP contribution in [0.15, 0.2) is 55.0 Å². The van der Waals surface area contributed by atoms with E-state index in [1.165, 1.54) is 6.42 Å². The van der Waals surface area contributed by atoms with Gasteiger partial charge in [0, 0.05) is 11.7 Å². The number of methoxy groups -OCH3 is 2. The Morgan fingerprint density at radius 3 is 2.38 bits per heavy atom. The van der Waals surface area contributed by atoms with Gasteiger partial charge in [-0.15, -0.1) is 0 Å². The standard InChI is InChI=1S/C26H31N3O3/c1-17-7-5-8-21(18(17)2)28-26(30)22-15-27-16-29(22)20-13-11-19(12-14-20)25-23(31-3)9-6-10-24(25)32-4/h6,9-18,21H,5,7-8H2,1-4H3,(H,28,30)/t17-,18+,21-/m1/s1. The lowest BCUT2D eigenvalue weighted by Gasteiger charge is -2.34. The molecule has 0 bridgehead atoms. The van der Waals surface area contributed by atoms with Crippen molar-refractivity contribution in [1.29, 1.82) is 0 Å². The lowest BCUT2D eigenvalue weighted by atomic mass is 9.78. The largest absolute Gasteiger partial charge is 0.496 e. The molecule has 0 spiro atoms. The molecule has 6 heteroatoms. The number of imidazole rings is 1. The molecule has 168 valence electrons. The Balaban J connectivity index is 1.58. The molecule has 1 heterocycles. The van der Waals surface area contributed by atoms with Gasteiger partial charge in [-0.2, -0.15) is 0 Å². The van der Waals surface area contributed by atoms with Gasteiger partial charge < -0.3 is 14.8 Å². The van der Waals surface area contributed by atoms with E-state index in [0.717, 1.165) is 41.2 Å². The van der Waals surface area contributed by atoms with Crippen molar-refractivity contribution in [2.75, 3.05) is 14.2 Å². The molecule has 2 aromatic carbocycles. The van der Waals surface area contributed by atoms with Crippen molar-refractivity contribution in [2.24, 2.45) is 11.8 Å². The Morgan fingerprint density at radius 1 is 1.03 bits per heavy atom. The van der Waals surface area contributed by atoms with Crippen LogP contribution < -0.4 is 14.8 Å². The Morgan fingerprint density at radius 2 is 1.72 bits per heavy atom. The molecular formula is C26H31N3O3. The maximum Gasteiger partial charge on any atom is 0.270 e. The molecule has 0 aliphatic heterocycles. The summed E-state index contributed by atoms with van der Waals surface area (Å²) in [5, 5.41) is 3.25. The zero-order chi connectivity index (χ0) is 22.7. The van der Waals surface area contributed by atoms with Gasteiger partial charge in [0.1, 0.15) is 17.2 Å². The van der Waals surface area contributed by atoms with E-state index in [4.69, 9.17) is 9.47 Å². The average molecular weight is 434 g/mol. The molecular weight excluding hydrogens is 402 g/mol. The van der Waals surface area contributed by atoms with E-state index in [0.29, 0.717) is 17.5 Å². The molecule has 1 aliphatic carbocycles. The highest BCUT2D eigenvalue weighted by atomic mass is 16.5. The number of ether oxygens (including phenoxy) is 2. The van der Waals surface area contributed by atoms with Gasteiger partial charge in [0.25, 0.3) is 5.91 Å². The topological polar surface area (TPSA) is 65.4 Å². The Kier molecular flexibility index (Phi) is 6.49. The second-order valence-corrected chi connectivity index (χ2v) is 8.58. The summed E-state index contributed by atoms with van der Waals surface area (Å²) in [7, 11) is 3.30. The fourth-order valence-corrected chi connectivity index (χ4v) is 4.62. The number of rotatable bonds is 6. The monoisotopic (exact) mass is 433 g/mol. The van der Waals surface area contributed by atoms with Crippen molar-refractivity contribution in [3.8, 4) is 28.3 Å². The zero-order valence-corrected chi connectivity index (χ0v) is 19.2. The van der Waals surface area contributed by atoms with Crippen LogP contribution in [0.3, 0.4) is 0 Å². The van der Waals surface area contributed by atoms with E-state index >= 15 is 0 Å². The summed E-state index contributed by atoms with van der Waals surface area (Å²) >= 11 is 0. The smallest absolute Gasteiger partial charge is 0.270 e. The first-order valence-electron chi connectivity index (χ1n) is 11.2. The summed E-state index contributed by atoms with van der Waals surface area (Å²) < 4.78 is 12.9. The van der Waals surface area contributed by atoms with Crippen LogP contribution in [0.4, 0.5) is 0 Å². The minimum atomic E-state index is -0.0797. The van der Waals surface area contributed by atoms with Gasteiger partial charge in [0.05, 0.1) is 32.3 Å². The van der Waals surface area contributed by atoms with E-state index in [1.807, 2.05) is 47.0 Å². The molecule has 1 aliphatic rings. The number of hydrogen-bond acceptors (Lipinski definition) is 4. The van der Waals surface area contributed by atoms with E-state index in [2.05, 4.69) is 24.1 Å². The number of amides is 1. The van der Waals surface area contributed by atoms with Gasteiger partial charge in [0.2, 0.25) is 0 Å². The Bertz CT molecular complexity index is 1050. The van der Waals surface area contributed by atoms with E-state index in [9.17, 15) is 4.79 Å². The lowest BCUT2D eigenvalue weighted by Crippen LogP contribution is -2.44. The molecule has 0 saturated heterocycles. The van der Waals surface area contributed by atoms with Crippen LogP contribution in [0.25, 0.3) is 16.8 Å². The summed E-state index contributed by atoms with van der Waals surface area (Å²) in [6.45, 7) is 4.50. The molecule has 1 fully saturated rings. The zero-order valence-electron chi connectivity index (χ0n) is 19.2. The fraction of sp³-hybridized carbons (Fsp3) is 0.385. The number of aromatic nitrogens is 2. The third-order valence-electron chi connectivity index (χ3n) is 6.76. The van der Waals surface area contributed by atoms with Crippen LogP contribution in [0.5, 0.6) is 11.5 Å². The maximum atomic E-state index is 13.1. The minimum Gasteiger partial charge on any atom is -0.496 e. The van der Waals surface area contributed by atoms with E-state index in [1.54, 1.807) is 26.7 Å². The maximum absolute atomic E-state index is 13.1. The second-order valence-electron chi connectivity index (χ2n) is 8.58. The number of carbonyl (C=O) groups excluding carboxylic acids is 1. The lowest BCUT2D eigenvalue weighted by molar-refractivity contribution is 0.0884. The van der Waals surface area contributed by atoms with Gasteiger partial charge in [-0.1, -0.05) is 44.9 Å². The quantitative estimate of drug-likeness (QED) is 0.587. The summed E-state index contributed by atoms with van der Waals surface area (Å²) in [5.41, 5.74) is 3.28. The molecule has 6 nitrogen and oxygen atoms in total. The first kappa shape index (κ1) is 21.9. The number of hydrogen-bond donors (Lipinski definition) is 1. The number of benzene rings is 2. The molecule has 32 heavy (non-hydrogen) atoms. The van der Waals surface area contributed by atoms with Gasteiger partial charge in [-0.25, -0.2) is 4.98 Å². The summed E-state index contributed by atoms with van der Waals surface area (Å²) in [4.78, 5) is 17.3. The highest BCUT2D eigenvalue weighted by Gasteiger charge is 2.29. The fourth-order valence-electron chi connectivity index (χ4n) is 4.62. The Hall–Kier alpha value is -3.28. The van der Waals surface area contributed by atoms with Crippen molar-refractivity contribution in [3.63, 3.8) is 0 Å². The molecule has 0 radical (unpaired) electrons. The minimum absolute atomic E-state index is 0.0797. The summed E-state index contributed by atoms with van der Waals surface area (Å²) in [6.07, 6.45) is 6.73. The highest BCUT2D eigenvalue weighted by molar-refractivity contribution is 5.93. The van der Waals surface area contributed by atoms with Crippen molar-refractivity contribution < 1.29 is 14.3 Å². The first-order valence-corrected chi connectivity index (χ1v) is 11.2. The first-order chi connectivity index (χ1) is 15.5. The van der Waals surface area contributed by atoms with Crippen LogP contribution in [0.1, 0.15) is 43.6 Å². The third kappa shape index (κ3) is 4.22. The molecule has 3 aromatic rings. The van der Waals surface area contributed by atoms with Crippen LogP contribution >= 0.6 is 0 Å². The molecule has 0 unspecified atom stereocenters. The molecule has 3 atom stereocenters. The SMILES string of the molecule is COc1cccc(OC)c1-c1ccc(-n2cncc2C(=O)N[C@@H]2CCC[C@@H](C)[C@@H]2C)cc1. The van der Waals surface area contributed by atoms with Crippen molar-refractivity contribution >= 4 is 5.91 Å². The van der Waals surface area contributed by atoms with E-state index < -0.39 is 0 Å². The van der Waals surface area contributed by atoms with Crippen LogP contribution in [0, 0.1) is 11.8 Å². The Labute approximate surface area is 189 Å². The number of nitrogens with one attached hydrogen (secondary N) is 1.